The van der Waals surface area contributed by atoms with Crippen molar-refractivity contribution in [2.24, 2.45) is 0 Å². The number of nitrogens with zero attached hydrogens (tertiary/aromatic N) is 1. The maximum absolute atomic E-state index is 9.48. The van der Waals surface area contributed by atoms with E-state index in [2.05, 4.69) is 42.7 Å². The van der Waals surface area contributed by atoms with E-state index in [-0.39, 0.29) is 5.75 Å². The Balaban J connectivity index is 1.91. The number of ether oxygens (including phenoxy) is 1. The van der Waals surface area contributed by atoms with E-state index in [1.807, 2.05) is 12.1 Å². The molecule has 0 spiro atoms. The Bertz CT molecular complexity index is 759. The summed E-state index contributed by atoms with van der Waals surface area (Å²) in [5.74, 6) is 0.896. The van der Waals surface area contributed by atoms with Crippen LogP contribution in [0, 0.1) is 0 Å². The van der Waals surface area contributed by atoms with Crippen molar-refractivity contribution in [2.75, 3.05) is 0 Å². The fourth-order valence-corrected chi connectivity index (χ4v) is 2.68. The lowest BCUT2D eigenvalue weighted by Gasteiger charge is -2.15. The highest BCUT2D eigenvalue weighted by molar-refractivity contribution is 5.81. The largest absolute Gasteiger partial charge is 0.508 e. The molecule has 0 bridgehead atoms. The standard InChI is InChI=1S/C18H19NO2/c1-13(2)19-15(10-14-6-3-4-9-18(14)19)12-21-17-8-5-7-16(20)11-17/h3-11,13,20H,12H2,1-2H3. The molecule has 0 amide bonds. The first-order valence-electron chi connectivity index (χ1n) is 7.16. The molecule has 1 N–H and O–H groups in total. The minimum absolute atomic E-state index is 0.219. The van der Waals surface area contributed by atoms with Gasteiger partial charge in [-0.25, -0.2) is 0 Å². The summed E-state index contributed by atoms with van der Waals surface area (Å²) in [4.78, 5) is 0. The van der Waals surface area contributed by atoms with E-state index in [1.165, 1.54) is 10.9 Å². The van der Waals surface area contributed by atoms with E-state index >= 15 is 0 Å². The van der Waals surface area contributed by atoms with Crippen molar-refractivity contribution in [3.8, 4) is 11.5 Å². The number of phenols is 1. The molecule has 1 heterocycles. The number of para-hydroxylation sites is 1. The van der Waals surface area contributed by atoms with Crippen LogP contribution in [0.3, 0.4) is 0 Å². The highest BCUT2D eigenvalue weighted by atomic mass is 16.5. The van der Waals surface area contributed by atoms with Crippen LogP contribution < -0.4 is 4.74 Å². The van der Waals surface area contributed by atoms with Gasteiger partial charge >= 0.3 is 0 Å². The smallest absolute Gasteiger partial charge is 0.128 e. The molecule has 0 aliphatic heterocycles. The third kappa shape index (κ3) is 2.72. The lowest BCUT2D eigenvalue weighted by atomic mass is 10.2. The molecule has 0 saturated carbocycles. The number of fused-ring (bicyclic) bond motifs is 1. The Morgan fingerprint density at radius 1 is 1.05 bits per heavy atom. The Morgan fingerprint density at radius 2 is 1.86 bits per heavy atom. The van der Waals surface area contributed by atoms with Gasteiger partial charge in [0.25, 0.3) is 0 Å². The fourth-order valence-electron chi connectivity index (χ4n) is 2.68. The number of aromatic hydroxyl groups is 1. The molecule has 0 aliphatic carbocycles. The Kier molecular flexibility index (Phi) is 3.57. The Hall–Kier alpha value is -2.42. The van der Waals surface area contributed by atoms with Crippen molar-refractivity contribution in [2.45, 2.75) is 26.5 Å². The molecule has 3 aromatic rings. The SMILES string of the molecule is CC(C)n1c(COc2cccc(O)c2)cc2ccccc21. The van der Waals surface area contributed by atoms with Crippen LogP contribution >= 0.6 is 0 Å². The van der Waals surface area contributed by atoms with Crippen molar-refractivity contribution < 1.29 is 9.84 Å². The number of hydrogen-bond donors (Lipinski definition) is 1. The van der Waals surface area contributed by atoms with E-state index in [0.29, 0.717) is 18.4 Å². The average molecular weight is 281 g/mol. The van der Waals surface area contributed by atoms with Crippen LogP contribution in [0.4, 0.5) is 0 Å². The van der Waals surface area contributed by atoms with Crippen molar-refractivity contribution in [3.63, 3.8) is 0 Å². The minimum atomic E-state index is 0.219. The second-order valence-corrected chi connectivity index (χ2v) is 5.44. The van der Waals surface area contributed by atoms with Gasteiger partial charge in [0.1, 0.15) is 18.1 Å². The Morgan fingerprint density at radius 3 is 2.62 bits per heavy atom. The van der Waals surface area contributed by atoms with Gasteiger partial charge in [0.2, 0.25) is 0 Å². The lowest BCUT2D eigenvalue weighted by molar-refractivity contribution is 0.291. The molecular formula is C18H19NO2. The van der Waals surface area contributed by atoms with E-state index in [1.54, 1.807) is 18.2 Å². The summed E-state index contributed by atoms with van der Waals surface area (Å²) < 4.78 is 8.10. The van der Waals surface area contributed by atoms with Gasteiger partial charge in [-0.15, -0.1) is 0 Å². The van der Waals surface area contributed by atoms with Gasteiger partial charge in [-0.3, -0.25) is 0 Å². The number of aromatic nitrogens is 1. The predicted molar refractivity (Wildman–Crippen MR) is 84.8 cm³/mol. The molecular weight excluding hydrogens is 262 g/mol. The summed E-state index contributed by atoms with van der Waals surface area (Å²) in [6.07, 6.45) is 0. The maximum atomic E-state index is 9.48. The molecule has 0 atom stereocenters. The van der Waals surface area contributed by atoms with Crippen LogP contribution in [-0.2, 0) is 6.61 Å². The molecule has 1 aromatic heterocycles. The molecule has 0 saturated heterocycles. The number of hydrogen-bond acceptors (Lipinski definition) is 2. The van der Waals surface area contributed by atoms with Crippen LogP contribution in [0.15, 0.2) is 54.6 Å². The number of phenolic OH excluding ortho intramolecular Hbond substituents is 1. The molecule has 0 aliphatic rings. The topological polar surface area (TPSA) is 34.4 Å². The van der Waals surface area contributed by atoms with Crippen LogP contribution in [0.25, 0.3) is 10.9 Å². The van der Waals surface area contributed by atoms with Crippen LogP contribution in [0.2, 0.25) is 0 Å². The van der Waals surface area contributed by atoms with Gasteiger partial charge in [-0.05, 0) is 43.5 Å². The molecule has 108 valence electrons. The molecule has 21 heavy (non-hydrogen) atoms. The van der Waals surface area contributed by atoms with E-state index < -0.39 is 0 Å². The van der Waals surface area contributed by atoms with Gasteiger partial charge in [-0.1, -0.05) is 24.3 Å². The summed E-state index contributed by atoms with van der Waals surface area (Å²) >= 11 is 0. The minimum Gasteiger partial charge on any atom is -0.508 e. The Labute approximate surface area is 124 Å². The first kappa shape index (κ1) is 13.6. The monoisotopic (exact) mass is 281 g/mol. The van der Waals surface area contributed by atoms with Gasteiger partial charge in [0.15, 0.2) is 0 Å². The van der Waals surface area contributed by atoms with Crippen molar-refractivity contribution in [1.29, 1.82) is 0 Å². The summed E-state index contributed by atoms with van der Waals surface area (Å²) in [6.45, 7) is 4.82. The van der Waals surface area contributed by atoms with Gasteiger partial charge < -0.3 is 14.4 Å². The van der Waals surface area contributed by atoms with Gasteiger partial charge in [-0.2, -0.15) is 0 Å². The van der Waals surface area contributed by atoms with Crippen molar-refractivity contribution in [1.82, 2.24) is 4.57 Å². The predicted octanol–water partition coefficient (Wildman–Crippen LogP) is 4.51. The van der Waals surface area contributed by atoms with Crippen LogP contribution in [0.1, 0.15) is 25.6 Å². The van der Waals surface area contributed by atoms with Crippen LogP contribution in [-0.4, -0.2) is 9.67 Å². The third-order valence-corrected chi connectivity index (χ3v) is 3.55. The molecule has 2 aromatic carbocycles. The van der Waals surface area contributed by atoms with Crippen molar-refractivity contribution in [3.05, 3.63) is 60.3 Å². The molecule has 0 radical (unpaired) electrons. The molecule has 3 heteroatoms. The number of benzene rings is 2. The lowest BCUT2D eigenvalue weighted by Crippen LogP contribution is -2.08. The molecule has 3 rings (SSSR count). The van der Waals surface area contributed by atoms with Gasteiger partial charge in [0, 0.05) is 17.6 Å². The quantitative estimate of drug-likeness (QED) is 0.763. The molecule has 0 fully saturated rings. The van der Waals surface area contributed by atoms with E-state index in [4.69, 9.17) is 4.74 Å². The third-order valence-electron chi connectivity index (χ3n) is 3.55. The summed E-state index contributed by atoms with van der Waals surface area (Å²) in [7, 11) is 0. The molecule has 0 unspecified atom stereocenters. The fraction of sp³-hybridized carbons (Fsp3) is 0.222. The zero-order valence-corrected chi connectivity index (χ0v) is 12.3. The van der Waals surface area contributed by atoms with Gasteiger partial charge in [0.05, 0.1) is 5.69 Å². The zero-order valence-electron chi connectivity index (χ0n) is 12.3. The zero-order chi connectivity index (χ0) is 14.8. The highest BCUT2D eigenvalue weighted by Crippen LogP contribution is 2.26. The molecule has 3 nitrogen and oxygen atoms in total. The van der Waals surface area contributed by atoms with E-state index in [9.17, 15) is 5.11 Å². The van der Waals surface area contributed by atoms with Crippen LogP contribution in [0.5, 0.6) is 11.5 Å². The normalized spacial score (nSPS) is 11.2. The second-order valence-electron chi connectivity index (χ2n) is 5.44. The van der Waals surface area contributed by atoms with Crippen molar-refractivity contribution >= 4 is 10.9 Å². The highest BCUT2D eigenvalue weighted by Gasteiger charge is 2.11. The first-order chi connectivity index (χ1) is 10.1. The summed E-state index contributed by atoms with van der Waals surface area (Å²) in [5, 5.41) is 10.7. The maximum Gasteiger partial charge on any atom is 0.128 e. The average Bonchev–Trinajstić information content (AvgIpc) is 2.83. The van der Waals surface area contributed by atoms with E-state index in [0.717, 1.165) is 5.69 Å². The summed E-state index contributed by atoms with van der Waals surface area (Å²) in [6, 6.07) is 17.8. The first-order valence-corrected chi connectivity index (χ1v) is 7.16. The second kappa shape index (κ2) is 5.52. The number of rotatable bonds is 4. The summed E-state index contributed by atoms with van der Waals surface area (Å²) in [5.41, 5.74) is 2.36.